The number of benzene rings is 13. The third-order valence-electron chi connectivity index (χ3n) is 18.0. The van der Waals surface area contributed by atoms with Crippen molar-refractivity contribution in [2.45, 2.75) is 52.9 Å². The van der Waals surface area contributed by atoms with Gasteiger partial charge in [0.05, 0.1) is 49.7 Å². The van der Waals surface area contributed by atoms with Crippen molar-refractivity contribution >= 4 is 167 Å². The number of nitrogens with zero attached hydrogens (tertiary/aromatic N) is 9. The summed E-state index contributed by atoms with van der Waals surface area (Å²) in [4.78, 5) is 34.1. The van der Waals surface area contributed by atoms with Crippen LogP contribution in [0.2, 0.25) is 15.6 Å². The molecule has 522 valence electrons. The first kappa shape index (κ1) is 73.0. The van der Waals surface area contributed by atoms with E-state index >= 15 is 0 Å². The van der Waals surface area contributed by atoms with Crippen LogP contribution in [-0.4, -0.2) is 51.4 Å². The molecule has 1 aliphatic carbocycles. The van der Waals surface area contributed by atoms with Gasteiger partial charge in [0.25, 0.3) is 0 Å². The van der Waals surface area contributed by atoms with E-state index in [1.165, 1.54) is 82.8 Å². The number of pyridine rings is 1. The normalized spacial score (nSPS) is 13.6. The quantitative estimate of drug-likeness (QED) is 0.0663. The van der Waals surface area contributed by atoms with Crippen molar-refractivity contribution < 1.29 is 4.74 Å². The molecule has 5 heterocycles. The molecule has 0 spiro atoms. The van der Waals surface area contributed by atoms with Crippen LogP contribution in [0.3, 0.4) is 0 Å². The second-order valence-electron chi connectivity index (χ2n) is 24.9. The average Bonchev–Trinajstić information content (AvgIpc) is 0.834. The molecule has 1 saturated carbocycles. The third kappa shape index (κ3) is 17.8. The summed E-state index contributed by atoms with van der Waals surface area (Å²) in [6.45, 7) is 0.672. The van der Waals surface area contributed by atoms with Crippen LogP contribution in [-0.2, 0) is 0 Å². The van der Waals surface area contributed by atoms with Crippen molar-refractivity contribution in [1.82, 2.24) is 34.3 Å². The highest BCUT2D eigenvalue weighted by Crippen LogP contribution is 2.51. The van der Waals surface area contributed by atoms with Gasteiger partial charge in [-0.1, -0.05) is 299 Å². The minimum atomic E-state index is -0.0805. The van der Waals surface area contributed by atoms with Gasteiger partial charge in [-0.05, 0) is 170 Å². The number of aliphatic imine (C=N–C) groups is 1. The molecule has 0 bridgehead atoms. The number of anilines is 3. The van der Waals surface area contributed by atoms with Crippen LogP contribution in [0.15, 0.2) is 341 Å². The number of halogens is 6. The lowest BCUT2D eigenvalue weighted by molar-refractivity contribution is 0.429. The molecule has 16 aromatic rings. The number of fused-ring (bicyclic) bond motifs is 10. The van der Waals surface area contributed by atoms with E-state index in [4.69, 9.17) is 56.3 Å². The molecule has 0 amide bonds. The number of hydrogen-bond donors (Lipinski definition) is 0. The monoisotopic (exact) mass is 1610 g/mol. The Bertz CT molecular complexity index is 5680. The van der Waals surface area contributed by atoms with Crippen LogP contribution in [0.4, 0.5) is 17.1 Å². The SMILES string of the molecule is BrC1CCCCC1.Brc1ccc(N(c2ccc3ccccc3c2)c2cccc3ccccc23)cc1.ClN1CC(c2ccccc2)=NC1c1ccccc1.Clc1cccc2c1Sc1ccc(-c3ccccn3)cc1O2.Clc1nc(-c2ccccc2)c2c3ccccc3c3ccccc3c2n1.Clc1ncncn1. The van der Waals surface area contributed by atoms with Crippen molar-refractivity contribution in [1.29, 1.82) is 0 Å². The van der Waals surface area contributed by atoms with Crippen molar-refractivity contribution in [3.05, 3.63) is 353 Å². The van der Waals surface area contributed by atoms with E-state index in [0.717, 1.165) is 108 Å². The Balaban J connectivity index is 0.000000113. The van der Waals surface area contributed by atoms with E-state index in [1.54, 1.807) is 22.4 Å². The molecule has 19 rings (SSSR count). The standard InChI is InChI=1S/C26H18BrN.C22H13ClN2.C17H10ClNOS.C15H13ClN2.C6H11Br.C3H2ClN3/c27-22-13-16-23(17-14-22)28(24-15-12-19-6-1-2-8-21(19)18-24)26-11-5-9-20-7-3-4-10-25(20)26;23-22-24-20(14-8-2-1-3-9-14)19-17-12-6-4-10-15(17)16-11-5-7-13-18(16)21(19)25-22;18-12-4-3-6-14-17(12)21-16-8-7-11(10-15(16)20-14)13-5-1-2-9-19-13;16-18-11-14(12-7-3-1-4-8-12)17-15(18)13-9-5-2-6-10-13;7-6-4-2-1-3-5-6;4-3-6-1-5-2-7-3/h1-18H;1-13H;1-10H;1-10,15H,11H2;6H,1-5H2;1-2H. The maximum atomic E-state index is 6.30. The first-order valence-corrected chi connectivity index (χ1v) is 38.6. The Morgan fingerprint density at radius 1 is 0.472 bits per heavy atom. The van der Waals surface area contributed by atoms with E-state index in [-0.39, 0.29) is 16.7 Å². The predicted octanol–water partition coefficient (Wildman–Crippen LogP) is 27.0. The van der Waals surface area contributed by atoms with Crippen LogP contribution in [0.25, 0.3) is 76.5 Å². The lowest BCUT2D eigenvalue weighted by Crippen LogP contribution is -2.15. The highest BCUT2D eigenvalue weighted by molar-refractivity contribution is 9.10. The summed E-state index contributed by atoms with van der Waals surface area (Å²) in [5.41, 5.74) is 11.6. The van der Waals surface area contributed by atoms with Crippen molar-refractivity contribution in [2.75, 3.05) is 11.4 Å². The lowest BCUT2D eigenvalue weighted by Gasteiger charge is -2.27. The van der Waals surface area contributed by atoms with Crippen LogP contribution in [0, 0.1) is 0 Å². The zero-order chi connectivity index (χ0) is 72.6. The first-order valence-electron chi connectivity index (χ1n) is 34.6. The van der Waals surface area contributed by atoms with Crippen LogP contribution in [0.1, 0.15) is 49.4 Å². The van der Waals surface area contributed by atoms with Crippen LogP contribution in [0.5, 0.6) is 11.5 Å². The summed E-state index contributed by atoms with van der Waals surface area (Å²) >= 11 is 32.9. The summed E-state index contributed by atoms with van der Waals surface area (Å²) < 4.78 is 8.81. The van der Waals surface area contributed by atoms with E-state index in [1.807, 2.05) is 103 Å². The Morgan fingerprint density at radius 2 is 1.08 bits per heavy atom. The highest BCUT2D eigenvalue weighted by Gasteiger charge is 2.27. The fourth-order valence-corrected chi connectivity index (χ4v) is 15.6. The van der Waals surface area contributed by atoms with E-state index in [9.17, 15) is 0 Å². The first-order chi connectivity index (χ1) is 52.1. The number of alkyl halides is 1. The van der Waals surface area contributed by atoms with Crippen LogP contribution >= 0.6 is 90.2 Å². The maximum absolute atomic E-state index is 6.30. The van der Waals surface area contributed by atoms with E-state index < -0.39 is 0 Å². The number of ether oxygens (including phenoxy) is 1. The topological polar surface area (TPSA) is 105 Å². The van der Waals surface area contributed by atoms with Gasteiger partial charge in [-0.2, -0.15) is 4.42 Å². The summed E-state index contributed by atoms with van der Waals surface area (Å²) in [5.74, 6) is 1.65. The smallest absolute Gasteiger partial charge is 0.225 e. The molecule has 3 aromatic heterocycles. The number of rotatable bonds is 7. The van der Waals surface area contributed by atoms with Crippen molar-refractivity contribution in [3.63, 3.8) is 0 Å². The molecule has 1 unspecified atom stereocenters. The molecule has 1 atom stereocenters. The van der Waals surface area contributed by atoms with Crippen LogP contribution < -0.4 is 9.64 Å². The largest absolute Gasteiger partial charge is 0.455 e. The molecule has 106 heavy (non-hydrogen) atoms. The second-order valence-corrected chi connectivity index (χ2v) is 29.7. The van der Waals surface area contributed by atoms with Crippen molar-refractivity contribution in [3.8, 4) is 34.0 Å². The van der Waals surface area contributed by atoms with Gasteiger partial charge in [0.1, 0.15) is 30.3 Å². The molecule has 2 aliphatic heterocycles. The van der Waals surface area contributed by atoms with E-state index in [0.29, 0.717) is 6.54 Å². The fourth-order valence-electron chi connectivity index (χ4n) is 13.0. The van der Waals surface area contributed by atoms with Gasteiger partial charge < -0.3 is 9.64 Å². The summed E-state index contributed by atoms with van der Waals surface area (Å²) in [7, 11) is 0. The average molecular weight is 1610 g/mol. The highest BCUT2D eigenvalue weighted by atomic mass is 79.9. The molecular weight excluding hydrogens is 1540 g/mol. The molecule has 3 aliphatic rings. The molecule has 0 N–H and O–H groups in total. The lowest BCUT2D eigenvalue weighted by atomic mass is 9.94. The fraction of sp³-hybridized carbons (Fsp3) is 0.0899. The molecule has 0 radical (unpaired) electrons. The molecule has 1 fully saturated rings. The maximum Gasteiger partial charge on any atom is 0.225 e. The Morgan fingerprint density at radius 3 is 1.75 bits per heavy atom. The summed E-state index contributed by atoms with van der Waals surface area (Å²) in [6.07, 6.45) is 11.5. The summed E-state index contributed by atoms with van der Waals surface area (Å²) in [6, 6.07) is 104. The Labute approximate surface area is 657 Å². The Hall–Kier alpha value is -9.90. The number of hydrogen-bond acceptors (Lipinski definition) is 11. The summed E-state index contributed by atoms with van der Waals surface area (Å²) in [5, 5.41) is 11.9. The molecule has 13 aromatic carbocycles. The van der Waals surface area contributed by atoms with Gasteiger partial charge in [0, 0.05) is 54.2 Å². The molecule has 0 saturated heterocycles. The molecule has 17 heteroatoms. The second kappa shape index (κ2) is 35.5. The van der Waals surface area contributed by atoms with E-state index in [2.05, 4.69) is 267 Å². The molecular formula is C89H67Br2Cl4N9OS. The van der Waals surface area contributed by atoms with Crippen molar-refractivity contribution in [2.24, 2.45) is 4.99 Å². The third-order valence-corrected chi connectivity index (χ3v) is 21.7. The van der Waals surface area contributed by atoms with Gasteiger partial charge in [0.2, 0.25) is 10.6 Å². The zero-order valence-electron chi connectivity index (χ0n) is 57.1. The minimum Gasteiger partial charge on any atom is -0.455 e. The molecule has 10 nitrogen and oxygen atoms in total. The zero-order valence-corrected chi connectivity index (χ0v) is 64.1. The Kier molecular flexibility index (Phi) is 24.4. The predicted molar refractivity (Wildman–Crippen MR) is 450 cm³/mol. The van der Waals surface area contributed by atoms with Gasteiger partial charge in [0.15, 0.2) is 0 Å². The minimum absolute atomic E-state index is 0.0805. The van der Waals surface area contributed by atoms with Gasteiger partial charge in [-0.3, -0.25) is 9.98 Å². The van der Waals surface area contributed by atoms with Gasteiger partial charge >= 0.3 is 0 Å². The number of aromatic nitrogens is 6. The van der Waals surface area contributed by atoms with Gasteiger partial charge in [-0.15, -0.1) is 0 Å². The van der Waals surface area contributed by atoms with Gasteiger partial charge in [-0.25, -0.2) is 24.9 Å².